The zero-order chi connectivity index (χ0) is 14.6. The molecule has 1 fully saturated rings. The van der Waals surface area contributed by atoms with Crippen LogP contribution < -0.4 is 0 Å². The number of aryl methyl sites for hydroxylation is 1. The Bertz CT molecular complexity index is 487. The van der Waals surface area contributed by atoms with Gasteiger partial charge in [0.15, 0.2) is 0 Å². The van der Waals surface area contributed by atoms with Crippen molar-refractivity contribution in [1.82, 2.24) is 9.97 Å². The first-order chi connectivity index (χ1) is 9.61. The van der Waals surface area contributed by atoms with Gasteiger partial charge in [-0.1, -0.05) is 19.8 Å². The van der Waals surface area contributed by atoms with E-state index in [-0.39, 0.29) is 0 Å². The molecule has 0 radical (unpaired) electrons. The van der Waals surface area contributed by atoms with Gasteiger partial charge in [-0.2, -0.15) is 5.26 Å². The molecule has 1 aliphatic rings. The topological polar surface area (TPSA) is 69.8 Å². The number of hydrogen-bond acceptors (Lipinski definition) is 4. The van der Waals surface area contributed by atoms with E-state index in [1.807, 2.05) is 0 Å². The summed E-state index contributed by atoms with van der Waals surface area (Å²) in [6, 6.07) is 4.10. The predicted molar refractivity (Wildman–Crippen MR) is 76.6 cm³/mol. The molecule has 1 unspecified atom stereocenters. The molecule has 2 rings (SSSR count). The van der Waals surface area contributed by atoms with E-state index >= 15 is 0 Å². The zero-order valence-corrected chi connectivity index (χ0v) is 12.3. The number of aromatic nitrogens is 2. The maximum atomic E-state index is 10.6. The Kier molecular flexibility index (Phi) is 4.72. The lowest BCUT2D eigenvalue weighted by molar-refractivity contribution is 0.0205. The molecule has 1 heterocycles. The standard InChI is InChI=1S/C16H23N3O/c1-3-4-13-5-8-16(11-17,9-6-13)15(20)14-7-10-18-12(2)19-14/h7,10,13,15,20H,3-6,8-9H2,1-2H3. The van der Waals surface area contributed by atoms with Gasteiger partial charge in [-0.15, -0.1) is 0 Å². The average molecular weight is 273 g/mol. The minimum Gasteiger partial charge on any atom is -0.385 e. The third kappa shape index (κ3) is 2.99. The molecule has 4 heteroatoms. The smallest absolute Gasteiger partial charge is 0.125 e. The summed E-state index contributed by atoms with van der Waals surface area (Å²) in [5, 5.41) is 20.2. The number of aliphatic hydroxyl groups excluding tert-OH is 1. The molecule has 108 valence electrons. The lowest BCUT2D eigenvalue weighted by Crippen LogP contribution is -2.33. The van der Waals surface area contributed by atoms with Crippen molar-refractivity contribution in [3.05, 3.63) is 23.8 Å². The first-order valence-corrected chi connectivity index (χ1v) is 7.50. The fourth-order valence-electron chi connectivity index (χ4n) is 3.25. The molecular formula is C16H23N3O. The molecule has 0 spiro atoms. The highest BCUT2D eigenvalue weighted by Gasteiger charge is 2.42. The van der Waals surface area contributed by atoms with Crippen molar-refractivity contribution < 1.29 is 5.11 Å². The molecule has 1 aliphatic carbocycles. The molecule has 0 aromatic carbocycles. The molecule has 0 aliphatic heterocycles. The van der Waals surface area contributed by atoms with Crippen molar-refractivity contribution in [1.29, 1.82) is 5.26 Å². The average Bonchev–Trinajstić information content (AvgIpc) is 2.48. The van der Waals surface area contributed by atoms with Crippen LogP contribution in [0.4, 0.5) is 0 Å². The SMILES string of the molecule is CCCC1CCC(C#N)(C(O)c2ccnc(C)n2)CC1. The van der Waals surface area contributed by atoms with Crippen LogP contribution in [0.2, 0.25) is 0 Å². The lowest BCUT2D eigenvalue weighted by atomic mass is 9.67. The van der Waals surface area contributed by atoms with Gasteiger partial charge in [0.05, 0.1) is 17.2 Å². The van der Waals surface area contributed by atoms with Crippen molar-refractivity contribution >= 4 is 0 Å². The highest BCUT2D eigenvalue weighted by Crippen LogP contribution is 2.47. The van der Waals surface area contributed by atoms with Crippen LogP contribution in [-0.2, 0) is 0 Å². The van der Waals surface area contributed by atoms with E-state index in [9.17, 15) is 10.4 Å². The summed E-state index contributed by atoms with van der Waals surface area (Å²) >= 11 is 0. The van der Waals surface area contributed by atoms with Crippen LogP contribution in [0, 0.1) is 29.6 Å². The molecule has 1 saturated carbocycles. The molecule has 20 heavy (non-hydrogen) atoms. The van der Waals surface area contributed by atoms with Gasteiger partial charge in [0.25, 0.3) is 0 Å². The van der Waals surface area contributed by atoms with Crippen LogP contribution in [0.3, 0.4) is 0 Å². The fraction of sp³-hybridized carbons (Fsp3) is 0.688. The summed E-state index contributed by atoms with van der Waals surface area (Å²) in [4.78, 5) is 8.33. The first kappa shape index (κ1) is 14.9. The number of hydrogen-bond donors (Lipinski definition) is 1. The first-order valence-electron chi connectivity index (χ1n) is 7.50. The fourth-order valence-corrected chi connectivity index (χ4v) is 3.25. The van der Waals surface area contributed by atoms with Crippen LogP contribution in [-0.4, -0.2) is 15.1 Å². The van der Waals surface area contributed by atoms with Crippen LogP contribution in [0.1, 0.15) is 63.1 Å². The third-order valence-corrected chi connectivity index (χ3v) is 4.52. The summed E-state index contributed by atoms with van der Waals surface area (Å²) in [6.07, 6.45) is 6.84. The van der Waals surface area contributed by atoms with Crippen molar-refractivity contribution in [2.75, 3.05) is 0 Å². The predicted octanol–water partition coefficient (Wildman–Crippen LogP) is 3.32. The molecule has 0 amide bonds. The van der Waals surface area contributed by atoms with Crippen molar-refractivity contribution in [2.45, 2.75) is 58.5 Å². The summed E-state index contributed by atoms with van der Waals surface area (Å²) in [6.45, 7) is 4.00. The summed E-state index contributed by atoms with van der Waals surface area (Å²) in [5.41, 5.74) is -0.0987. The maximum absolute atomic E-state index is 10.6. The summed E-state index contributed by atoms with van der Waals surface area (Å²) in [7, 11) is 0. The monoisotopic (exact) mass is 273 g/mol. The molecule has 1 aromatic rings. The Balaban J connectivity index is 2.14. The Labute approximate surface area is 120 Å². The quantitative estimate of drug-likeness (QED) is 0.913. The van der Waals surface area contributed by atoms with E-state index in [2.05, 4.69) is 23.0 Å². The normalized spacial score (nSPS) is 27.8. The molecule has 1 aromatic heterocycles. The van der Waals surface area contributed by atoms with Gasteiger partial charge < -0.3 is 5.11 Å². The summed E-state index contributed by atoms with van der Waals surface area (Å²) < 4.78 is 0. The lowest BCUT2D eigenvalue weighted by Gasteiger charge is -2.38. The zero-order valence-electron chi connectivity index (χ0n) is 12.3. The Morgan fingerprint density at radius 1 is 1.50 bits per heavy atom. The number of nitrogens with zero attached hydrogens (tertiary/aromatic N) is 3. The molecule has 1 N–H and O–H groups in total. The van der Waals surface area contributed by atoms with Crippen LogP contribution in [0.15, 0.2) is 12.3 Å². The van der Waals surface area contributed by atoms with E-state index in [1.165, 1.54) is 12.8 Å². The second kappa shape index (κ2) is 6.32. The number of rotatable bonds is 4. The van der Waals surface area contributed by atoms with Gasteiger partial charge >= 0.3 is 0 Å². The van der Waals surface area contributed by atoms with Crippen molar-refractivity contribution in [3.63, 3.8) is 0 Å². The van der Waals surface area contributed by atoms with E-state index in [4.69, 9.17) is 0 Å². The van der Waals surface area contributed by atoms with Gasteiger partial charge in [0.2, 0.25) is 0 Å². The largest absolute Gasteiger partial charge is 0.385 e. The maximum Gasteiger partial charge on any atom is 0.125 e. The Hall–Kier alpha value is -1.47. The minimum atomic E-state index is -0.809. The molecule has 0 bridgehead atoms. The molecule has 1 atom stereocenters. The van der Waals surface area contributed by atoms with Gasteiger partial charge in [-0.3, -0.25) is 0 Å². The van der Waals surface area contributed by atoms with Crippen LogP contribution in [0.25, 0.3) is 0 Å². The van der Waals surface area contributed by atoms with Crippen molar-refractivity contribution in [2.24, 2.45) is 11.3 Å². The van der Waals surface area contributed by atoms with Gasteiger partial charge in [0, 0.05) is 6.20 Å². The highest BCUT2D eigenvalue weighted by molar-refractivity contribution is 5.16. The van der Waals surface area contributed by atoms with Gasteiger partial charge in [0.1, 0.15) is 11.9 Å². The van der Waals surface area contributed by atoms with E-state index in [0.29, 0.717) is 17.4 Å². The van der Waals surface area contributed by atoms with Crippen LogP contribution >= 0.6 is 0 Å². The molecule has 4 nitrogen and oxygen atoms in total. The molecular weight excluding hydrogens is 250 g/mol. The number of aliphatic hydroxyl groups is 1. The highest BCUT2D eigenvalue weighted by atomic mass is 16.3. The summed E-state index contributed by atoms with van der Waals surface area (Å²) in [5.74, 6) is 1.34. The Morgan fingerprint density at radius 3 is 2.75 bits per heavy atom. The van der Waals surface area contributed by atoms with E-state index < -0.39 is 11.5 Å². The number of nitriles is 1. The van der Waals surface area contributed by atoms with Crippen LogP contribution in [0.5, 0.6) is 0 Å². The second-order valence-electron chi connectivity index (χ2n) is 5.93. The second-order valence-corrected chi connectivity index (χ2v) is 5.93. The minimum absolute atomic E-state index is 0.577. The van der Waals surface area contributed by atoms with Crippen molar-refractivity contribution in [3.8, 4) is 6.07 Å². The molecule has 0 saturated heterocycles. The van der Waals surface area contributed by atoms with E-state index in [1.54, 1.807) is 19.2 Å². The van der Waals surface area contributed by atoms with Gasteiger partial charge in [-0.25, -0.2) is 9.97 Å². The van der Waals surface area contributed by atoms with Gasteiger partial charge in [-0.05, 0) is 44.6 Å². The van der Waals surface area contributed by atoms with E-state index in [0.717, 1.165) is 25.7 Å². The Morgan fingerprint density at radius 2 is 2.20 bits per heavy atom. The third-order valence-electron chi connectivity index (χ3n) is 4.52.